The highest BCUT2D eigenvalue weighted by molar-refractivity contribution is 7.09. The Bertz CT molecular complexity index is 388. The molecule has 2 rings (SSSR count). The van der Waals surface area contributed by atoms with Crippen LogP contribution in [0.3, 0.4) is 0 Å². The van der Waals surface area contributed by atoms with E-state index in [2.05, 4.69) is 23.7 Å². The third-order valence-corrected chi connectivity index (χ3v) is 4.66. The minimum atomic E-state index is -0.0869. The van der Waals surface area contributed by atoms with E-state index >= 15 is 0 Å². The quantitative estimate of drug-likeness (QED) is 0.862. The van der Waals surface area contributed by atoms with Gasteiger partial charge in [-0.25, -0.2) is 4.98 Å². The second-order valence-corrected chi connectivity index (χ2v) is 5.83. The summed E-state index contributed by atoms with van der Waals surface area (Å²) < 4.78 is 5.55. The number of thiazole rings is 1. The zero-order valence-electron chi connectivity index (χ0n) is 10.7. The molecule has 1 saturated heterocycles. The standard InChI is InChI=1S/C12H19ClN2O2S/c1-8-6-17-11(5-16)4-15(8)9(2)12-14-10(3-13)7-18-12/h7-9,11,16H,3-6H2,1-2H3. The second-order valence-electron chi connectivity index (χ2n) is 4.67. The number of aliphatic hydroxyl groups excluding tert-OH is 1. The fraction of sp³-hybridized carbons (Fsp3) is 0.750. The molecule has 18 heavy (non-hydrogen) atoms. The van der Waals surface area contributed by atoms with Gasteiger partial charge in [-0.3, -0.25) is 4.90 Å². The third-order valence-electron chi connectivity index (χ3n) is 3.32. The lowest BCUT2D eigenvalue weighted by Crippen LogP contribution is -2.50. The number of aliphatic hydroxyl groups is 1. The van der Waals surface area contributed by atoms with E-state index in [4.69, 9.17) is 16.3 Å². The van der Waals surface area contributed by atoms with Gasteiger partial charge in [-0.15, -0.1) is 22.9 Å². The predicted octanol–water partition coefficient (Wildman–Crippen LogP) is 2.02. The van der Waals surface area contributed by atoms with Gasteiger partial charge in [0.25, 0.3) is 0 Å². The van der Waals surface area contributed by atoms with Crippen molar-refractivity contribution in [3.05, 3.63) is 16.1 Å². The van der Waals surface area contributed by atoms with Crippen LogP contribution in [-0.4, -0.2) is 46.9 Å². The van der Waals surface area contributed by atoms with Gasteiger partial charge in [-0.05, 0) is 13.8 Å². The fourth-order valence-electron chi connectivity index (χ4n) is 2.21. The van der Waals surface area contributed by atoms with E-state index in [9.17, 15) is 5.11 Å². The van der Waals surface area contributed by atoms with E-state index in [-0.39, 0.29) is 18.8 Å². The molecule has 1 aliphatic heterocycles. The number of hydrogen-bond donors (Lipinski definition) is 1. The van der Waals surface area contributed by atoms with Crippen LogP contribution < -0.4 is 0 Å². The average Bonchev–Trinajstić information content (AvgIpc) is 2.87. The molecule has 1 N–H and O–H groups in total. The van der Waals surface area contributed by atoms with Crippen LogP contribution in [0.4, 0.5) is 0 Å². The highest BCUT2D eigenvalue weighted by Crippen LogP contribution is 2.28. The first-order valence-electron chi connectivity index (χ1n) is 6.14. The summed E-state index contributed by atoms with van der Waals surface area (Å²) in [5.41, 5.74) is 0.933. The molecule has 3 unspecified atom stereocenters. The Morgan fingerprint density at radius 3 is 3.11 bits per heavy atom. The van der Waals surface area contributed by atoms with Gasteiger partial charge < -0.3 is 9.84 Å². The number of morpholine rings is 1. The number of rotatable bonds is 4. The highest BCUT2D eigenvalue weighted by atomic mass is 35.5. The third kappa shape index (κ3) is 3.03. The predicted molar refractivity (Wildman–Crippen MR) is 73.1 cm³/mol. The molecule has 1 aromatic heterocycles. The Hall–Kier alpha value is -0.200. The SMILES string of the molecule is CC1COC(CO)CN1C(C)c1nc(CCl)cs1. The summed E-state index contributed by atoms with van der Waals surface area (Å²) in [5.74, 6) is 0.459. The molecule has 1 fully saturated rings. The Labute approximate surface area is 117 Å². The Balaban J connectivity index is 2.08. The van der Waals surface area contributed by atoms with Crippen molar-refractivity contribution >= 4 is 22.9 Å². The molecule has 1 aliphatic rings. The van der Waals surface area contributed by atoms with E-state index in [0.717, 1.165) is 17.2 Å². The summed E-state index contributed by atoms with van der Waals surface area (Å²) in [5, 5.41) is 12.3. The Morgan fingerprint density at radius 1 is 1.72 bits per heavy atom. The molecule has 0 aliphatic carbocycles. The lowest BCUT2D eigenvalue weighted by Gasteiger charge is -2.40. The molecule has 0 bridgehead atoms. The molecule has 3 atom stereocenters. The average molecular weight is 291 g/mol. The monoisotopic (exact) mass is 290 g/mol. The summed E-state index contributed by atoms with van der Waals surface area (Å²) in [6, 6.07) is 0.575. The van der Waals surface area contributed by atoms with Crippen LogP contribution in [-0.2, 0) is 10.6 Å². The Morgan fingerprint density at radius 2 is 2.50 bits per heavy atom. The van der Waals surface area contributed by atoms with E-state index in [1.165, 1.54) is 0 Å². The van der Waals surface area contributed by atoms with Crippen molar-refractivity contribution in [1.82, 2.24) is 9.88 Å². The molecular weight excluding hydrogens is 272 g/mol. The van der Waals surface area contributed by atoms with Crippen LogP contribution in [0.2, 0.25) is 0 Å². The first-order valence-corrected chi connectivity index (χ1v) is 7.55. The zero-order valence-corrected chi connectivity index (χ0v) is 12.2. The maximum atomic E-state index is 9.21. The van der Waals surface area contributed by atoms with E-state index in [0.29, 0.717) is 18.5 Å². The molecule has 0 spiro atoms. The Kier molecular flexibility index (Phi) is 4.98. The molecule has 0 saturated carbocycles. The number of nitrogens with zero attached hydrogens (tertiary/aromatic N) is 2. The van der Waals surface area contributed by atoms with Crippen LogP contribution in [0.5, 0.6) is 0 Å². The maximum absolute atomic E-state index is 9.21. The van der Waals surface area contributed by atoms with E-state index in [1.807, 2.05) is 5.38 Å². The van der Waals surface area contributed by atoms with Crippen molar-refractivity contribution in [3.8, 4) is 0 Å². The molecule has 0 amide bonds. The molecule has 4 nitrogen and oxygen atoms in total. The van der Waals surface area contributed by atoms with Gasteiger partial charge in [-0.2, -0.15) is 0 Å². The van der Waals surface area contributed by atoms with E-state index < -0.39 is 0 Å². The topological polar surface area (TPSA) is 45.6 Å². The van der Waals surface area contributed by atoms with Gasteiger partial charge in [-0.1, -0.05) is 0 Å². The lowest BCUT2D eigenvalue weighted by atomic mass is 10.1. The summed E-state index contributed by atoms with van der Waals surface area (Å²) in [6.45, 7) is 5.76. The largest absolute Gasteiger partial charge is 0.394 e. The zero-order chi connectivity index (χ0) is 13.1. The maximum Gasteiger partial charge on any atom is 0.110 e. The van der Waals surface area contributed by atoms with Crippen molar-refractivity contribution in [3.63, 3.8) is 0 Å². The highest BCUT2D eigenvalue weighted by Gasteiger charge is 2.30. The van der Waals surface area contributed by atoms with Gasteiger partial charge in [0, 0.05) is 18.0 Å². The number of alkyl halides is 1. The number of halogens is 1. The lowest BCUT2D eigenvalue weighted by molar-refractivity contribution is -0.0896. The molecule has 1 aromatic rings. The smallest absolute Gasteiger partial charge is 0.110 e. The van der Waals surface area contributed by atoms with Crippen molar-refractivity contribution in [2.45, 2.75) is 37.9 Å². The van der Waals surface area contributed by atoms with Crippen LogP contribution in [0.25, 0.3) is 0 Å². The molecule has 102 valence electrons. The first kappa shape index (κ1) is 14.2. The summed E-state index contributed by atoms with van der Waals surface area (Å²) in [4.78, 5) is 6.87. The number of aromatic nitrogens is 1. The van der Waals surface area contributed by atoms with Gasteiger partial charge >= 0.3 is 0 Å². The fourth-order valence-corrected chi connectivity index (χ4v) is 3.33. The van der Waals surface area contributed by atoms with Crippen molar-refractivity contribution < 1.29 is 9.84 Å². The van der Waals surface area contributed by atoms with Crippen LogP contribution in [0.1, 0.15) is 30.6 Å². The van der Waals surface area contributed by atoms with Crippen LogP contribution in [0, 0.1) is 0 Å². The number of hydrogen-bond acceptors (Lipinski definition) is 5. The van der Waals surface area contributed by atoms with Crippen molar-refractivity contribution in [2.24, 2.45) is 0 Å². The van der Waals surface area contributed by atoms with Gasteiger partial charge in [0.05, 0.1) is 36.9 Å². The molecule has 0 aromatic carbocycles. The molecule has 6 heteroatoms. The summed E-state index contributed by atoms with van der Waals surface area (Å²) >= 11 is 7.43. The molecule has 0 radical (unpaired) electrons. The van der Waals surface area contributed by atoms with E-state index in [1.54, 1.807) is 11.3 Å². The molecular formula is C12H19ClN2O2S. The number of ether oxygens (including phenoxy) is 1. The normalized spacial score (nSPS) is 27.3. The van der Waals surface area contributed by atoms with Crippen LogP contribution >= 0.6 is 22.9 Å². The first-order chi connectivity index (χ1) is 8.65. The second kappa shape index (κ2) is 6.30. The minimum Gasteiger partial charge on any atom is -0.394 e. The minimum absolute atomic E-state index is 0.0702. The molecule has 2 heterocycles. The summed E-state index contributed by atoms with van der Waals surface area (Å²) in [7, 11) is 0. The van der Waals surface area contributed by atoms with Gasteiger partial charge in [0.2, 0.25) is 0 Å². The summed E-state index contributed by atoms with van der Waals surface area (Å²) in [6.07, 6.45) is -0.0869. The van der Waals surface area contributed by atoms with Gasteiger partial charge in [0.15, 0.2) is 0 Å². The van der Waals surface area contributed by atoms with Crippen molar-refractivity contribution in [1.29, 1.82) is 0 Å². The van der Waals surface area contributed by atoms with Crippen molar-refractivity contribution in [2.75, 3.05) is 19.8 Å². The van der Waals surface area contributed by atoms with Gasteiger partial charge in [0.1, 0.15) is 5.01 Å². The van der Waals surface area contributed by atoms with Crippen LogP contribution in [0.15, 0.2) is 5.38 Å².